The second-order valence-corrected chi connectivity index (χ2v) is 9.88. The standard InChI is InChI=1S/C22H35N5O4S.C3H4/c1-7-23-24-10-8-9-17-18(21(30)27-12-16(4)13-31-27)19(20(29)26(6)14-28)22(32-17)25(5)11-15(2)3;1-3-2/h10,14-16,23H,7-9,11-13H2,1-6H3;1H,2H3/b24-10-;. The molecule has 1 saturated heterocycles. The first kappa shape index (κ1) is 30.1. The number of aryl methyl sites for hydroxylation is 1. The molecule has 2 rings (SSSR count). The number of rotatable bonds is 11. The normalized spacial score (nSPS) is 14.9. The molecule has 0 aliphatic carbocycles. The summed E-state index contributed by atoms with van der Waals surface area (Å²) in [5.41, 5.74) is 3.48. The van der Waals surface area contributed by atoms with Crippen LogP contribution in [0.3, 0.4) is 0 Å². The second kappa shape index (κ2) is 15.2. The number of thiophene rings is 1. The lowest BCUT2D eigenvalue weighted by Crippen LogP contribution is -2.33. The molecule has 194 valence electrons. The molecular weight excluding hydrogens is 466 g/mol. The van der Waals surface area contributed by atoms with Gasteiger partial charge in [-0.05, 0) is 32.6 Å². The van der Waals surface area contributed by atoms with Crippen LogP contribution in [0.4, 0.5) is 5.00 Å². The van der Waals surface area contributed by atoms with Crippen molar-refractivity contribution in [1.82, 2.24) is 15.4 Å². The second-order valence-electron chi connectivity index (χ2n) is 8.79. The van der Waals surface area contributed by atoms with Crippen LogP contribution in [0.1, 0.15) is 66.6 Å². The molecule has 0 saturated carbocycles. The maximum atomic E-state index is 13.5. The fourth-order valence-corrected chi connectivity index (χ4v) is 4.74. The van der Waals surface area contributed by atoms with E-state index in [0.717, 1.165) is 16.3 Å². The van der Waals surface area contributed by atoms with E-state index in [1.807, 2.05) is 25.8 Å². The van der Waals surface area contributed by atoms with Crippen LogP contribution < -0.4 is 10.3 Å². The number of amides is 3. The van der Waals surface area contributed by atoms with E-state index in [-0.39, 0.29) is 17.4 Å². The molecule has 9 nitrogen and oxygen atoms in total. The monoisotopic (exact) mass is 505 g/mol. The van der Waals surface area contributed by atoms with E-state index in [2.05, 4.69) is 36.7 Å². The Bertz CT molecular complexity index is 922. The van der Waals surface area contributed by atoms with E-state index in [1.165, 1.54) is 23.4 Å². The number of hydrogen-bond donors (Lipinski definition) is 1. The maximum absolute atomic E-state index is 13.5. The average Bonchev–Trinajstić information content (AvgIpc) is 3.41. The summed E-state index contributed by atoms with van der Waals surface area (Å²) in [5.74, 6) is 1.99. The number of imide groups is 1. The van der Waals surface area contributed by atoms with Crippen molar-refractivity contribution in [3.8, 4) is 12.3 Å². The third-order valence-electron chi connectivity index (χ3n) is 4.91. The van der Waals surface area contributed by atoms with Gasteiger partial charge in [-0.1, -0.05) is 20.8 Å². The van der Waals surface area contributed by atoms with Crippen molar-refractivity contribution in [3.63, 3.8) is 0 Å². The summed E-state index contributed by atoms with van der Waals surface area (Å²) < 4.78 is 0. The average molecular weight is 506 g/mol. The third kappa shape index (κ3) is 8.67. The molecule has 1 fully saturated rings. The molecule has 1 aromatic rings. The molecule has 0 radical (unpaired) electrons. The minimum Gasteiger partial charge on any atom is -0.366 e. The van der Waals surface area contributed by atoms with Gasteiger partial charge in [-0.25, -0.2) is 5.06 Å². The molecule has 35 heavy (non-hydrogen) atoms. The van der Waals surface area contributed by atoms with Crippen LogP contribution in [-0.2, 0) is 16.1 Å². The molecule has 2 heterocycles. The number of hydrogen-bond acceptors (Lipinski definition) is 8. The highest BCUT2D eigenvalue weighted by Gasteiger charge is 2.35. The zero-order chi connectivity index (χ0) is 26.5. The lowest BCUT2D eigenvalue weighted by molar-refractivity contribution is -0.115. The Morgan fingerprint density at radius 2 is 2.03 bits per heavy atom. The molecule has 0 aromatic carbocycles. The van der Waals surface area contributed by atoms with Gasteiger partial charge in [-0.15, -0.1) is 23.7 Å². The lowest BCUT2D eigenvalue weighted by Gasteiger charge is -2.22. The van der Waals surface area contributed by atoms with Crippen LogP contribution in [-0.4, -0.2) is 74.7 Å². The van der Waals surface area contributed by atoms with Crippen LogP contribution in [0.2, 0.25) is 0 Å². The van der Waals surface area contributed by atoms with E-state index < -0.39 is 5.91 Å². The van der Waals surface area contributed by atoms with E-state index >= 15 is 0 Å². The summed E-state index contributed by atoms with van der Waals surface area (Å²) in [6, 6.07) is 0. The van der Waals surface area contributed by atoms with E-state index in [4.69, 9.17) is 4.84 Å². The van der Waals surface area contributed by atoms with Crippen molar-refractivity contribution in [2.24, 2.45) is 16.9 Å². The molecular formula is C25H39N5O4S. The minimum atomic E-state index is -0.495. The molecule has 3 amide bonds. The Morgan fingerprint density at radius 1 is 1.37 bits per heavy atom. The number of nitrogens with zero attached hydrogens (tertiary/aromatic N) is 4. The fourth-order valence-electron chi connectivity index (χ4n) is 3.48. The Hall–Kier alpha value is -2.90. The van der Waals surface area contributed by atoms with Crippen molar-refractivity contribution in [1.29, 1.82) is 0 Å². The minimum absolute atomic E-state index is 0.216. The van der Waals surface area contributed by atoms with Crippen molar-refractivity contribution < 1.29 is 19.2 Å². The van der Waals surface area contributed by atoms with E-state index in [1.54, 1.807) is 13.1 Å². The summed E-state index contributed by atoms with van der Waals surface area (Å²) in [6.45, 7) is 12.2. The number of anilines is 1. The predicted molar refractivity (Wildman–Crippen MR) is 142 cm³/mol. The van der Waals surface area contributed by atoms with Gasteiger partial charge in [0.1, 0.15) is 5.00 Å². The molecule has 1 aliphatic heterocycles. The van der Waals surface area contributed by atoms with Gasteiger partial charge in [0.15, 0.2) is 0 Å². The van der Waals surface area contributed by atoms with Gasteiger partial charge in [0, 0.05) is 44.2 Å². The first-order valence-electron chi connectivity index (χ1n) is 11.8. The smallest absolute Gasteiger partial charge is 0.279 e. The third-order valence-corrected chi connectivity index (χ3v) is 6.28. The first-order valence-corrected chi connectivity index (χ1v) is 12.6. The zero-order valence-corrected chi connectivity index (χ0v) is 22.8. The van der Waals surface area contributed by atoms with Crippen LogP contribution >= 0.6 is 11.3 Å². The van der Waals surface area contributed by atoms with Crippen LogP contribution in [0.25, 0.3) is 0 Å². The maximum Gasteiger partial charge on any atom is 0.279 e. The number of carbonyl (C=O) groups excluding carboxylic acids is 3. The number of hydrazone groups is 1. The first-order chi connectivity index (χ1) is 16.6. The van der Waals surface area contributed by atoms with Gasteiger partial charge in [-0.3, -0.25) is 24.1 Å². The van der Waals surface area contributed by atoms with Gasteiger partial charge >= 0.3 is 0 Å². The van der Waals surface area contributed by atoms with Crippen molar-refractivity contribution in [2.45, 2.75) is 47.5 Å². The molecule has 1 N–H and O–H groups in total. The number of carbonyl (C=O) groups is 3. The molecule has 1 unspecified atom stereocenters. The van der Waals surface area contributed by atoms with Crippen molar-refractivity contribution in [3.05, 3.63) is 16.0 Å². The fraction of sp³-hybridized carbons (Fsp3) is 0.600. The van der Waals surface area contributed by atoms with Gasteiger partial charge < -0.3 is 10.3 Å². The Morgan fingerprint density at radius 3 is 2.54 bits per heavy atom. The molecule has 1 aliphatic rings. The van der Waals surface area contributed by atoms with E-state index in [0.29, 0.717) is 55.4 Å². The zero-order valence-electron chi connectivity index (χ0n) is 22.0. The van der Waals surface area contributed by atoms with Crippen LogP contribution in [0.15, 0.2) is 5.10 Å². The number of nitrogens with one attached hydrogen (secondary N) is 1. The number of hydroxylamine groups is 2. The molecule has 0 spiro atoms. The number of terminal acetylenes is 1. The molecule has 1 aromatic heterocycles. The highest BCUT2D eigenvalue weighted by atomic mass is 32.1. The highest BCUT2D eigenvalue weighted by Crippen LogP contribution is 2.39. The summed E-state index contributed by atoms with van der Waals surface area (Å²) >= 11 is 1.42. The van der Waals surface area contributed by atoms with Crippen molar-refractivity contribution in [2.75, 3.05) is 45.2 Å². The van der Waals surface area contributed by atoms with Crippen molar-refractivity contribution >= 4 is 40.8 Å². The molecule has 10 heteroatoms. The molecule has 0 bridgehead atoms. The molecule has 1 atom stereocenters. The Kier molecular flexibility index (Phi) is 13.1. The van der Waals surface area contributed by atoms with Crippen LogP contribution in [0, 0.1) is 24.2 Å². The van der Waals surface area contributed by atoms with Gasteiger partial charge in [0.25, 0.3) is 11.8 Å². The quantitative estimate of drug-likeness (QED) is 0.215. The summed E-state index contributed by atoms with van der Waals surface area (Å²) in [6.07, 6.45) is 7.99. The van der Waals surface area contributed by atoms with Crippen LogP contribution in [0.5, 0.6) is 0 Å². The Labute approximate surface area is 213 Å². The van der Waals surface area contributed by atoms with Gasteiger partial charge in [0.05, 0.1) is 24.3 Å². The largest absolute Gasteiger partial charge is 0.366 e. The lowest BCUT2D eigenvalue weighted by atomic mass is 10.0. The van der Waals surface area contributed by atoms with Gasteiger partial charge in [-0.2, -0.15) is 5.10 Å². The topological polar surface area (TPSA) is 94.6 Å². The van der Waals surface area contributed by atoms with Gasteiger partial charge in [0.2, 0.25) is 6.41 Å². The summed E-state index contributed by atoms with van der Waals surface area (Å²) in [4.78, 5) is 47.5. The Balaban J connectivity index is 0.00000194. The highest BCUT2D eigenvalue weighted by molar-refractivity contribution is 7.17. The summed E-state index contributed by atoms with van der Waals surface area (Å²) in [7, 11) is 3.31. The van der Waals surface area contributed by atoms with E-state index in [9.17, 15) is 14.4 Å². The SMILES string of the molecule is C#CC.CCN/N=C\CCc1sc(N(C)CC(C)C)c(C(=O)N(C)C=O)c1C(=O)N1CC(C)CO1. The summed E-state index contributed by atoms with van der Waals surface area (Å²) in [5, 5.41) is 6.15. The predicted octanol–water partition coefficient (Wildman–Crippen LogP) is 3.26.